The molecule has 0 aromatic carbocycles. The Balaban J connectivity index is 3.56. The van der Waals surface area contributed by atoms with Crippen LogP contribution in [0.15, 0.2) is 12.7 Å². The highest BCUT2D eigenvalue weighted by Gasteiger charge is 2.10. The Morgan fingerprint density at radius 1 is 1.31 bits per heavy atom. The summed E-state index contributed by atoms with van der Waals surface area (Å²) in [6.07, 6.45) is 2.51. The second-order valence-corrected chi connectivity index (χ2v) is 5.45. The summed E-state index contributed by atoms with van der Waals surface area (Å²) in [5, 5.41) is 0. The number of halogens is 2. The SMILES string of the molecule is C=CCOC(=O)CCC(I)COC(=O)CI. The minimum atomic E-state index is -0.248. The Morgan fingerprint density at radius 3 is 2.56 bits per heavy atom. The molecule has 16 heavy (non-hydrogen) atoms. The zero-order valence-corrected chi connectivity index (χ0v) is 13.1. The molecule has 0 saturated carbocycles. The smallest absolute Gasteiger partial charge is 0.315 e. The zero-order chi connectivity index (χ0) is 12.4. The van der Waals surface area contributed by atoms with Gasteiger partial charge in [0.2, 0.25) is 0 Å². The molecule has 0 rings (SSSR count). The van der Waals surface area contributed by atoms with Crippen LogP contribution in [-0.4, -0.2) is 33.5 Å². The van der Waals surface area contributed by atoms with Gasteiger partial charge in [-0.25, -0.2) is 0 Å². The van der Waals surface area contributed by atoms with Crippen molar-refractivity contribution in [2.24, 2.45) is 0 Å². The molecular formula is C10H14I2O4. The van der Waals surface area contributed by atoms with E-state index < -0.39 is 0 Å². The Morgan fingerprint density at radius 2 is 2.00 bits per heavy atom. The minimum absolute atomic E-state index is 0.140. The van der Waals surface area contributed by atoms with Gasteiger partial charge in [-0.1, -0.05) is 57.8 Å². The van der Waals surface area contributed by atoms with Gasteiger partial charge in [-0.05, 0) is 6.42 Å². The van der Waals surface area contributed by atoms with E-state index in [1.54, 1.807) is 0 Å². The lowest BCUT2D eigenvalue weighted by Crippen LogP contribution is -2.16. The van der Waals surface area contributed by atoms with Crippen molar-refractivity contribution in [2.75, 3.05) is 17.6 Å². The van der Waals surface area contributed by atoms with Crippen LogP contribution in [0, 0.1) is 0 Å². The molecule has 92 valence electrons. The molecule has 1 unspecified atom stereocenters. The van der Waals surface area contributed by atoms with Crippen molar-refractivity contribution < 1.29 is 19.1 Å². The van der Waals surface area contributed by atoms with Crippen LogP contribution in [0.1, 0.15) is 12.8 Å². The Bertz CT molecular complexity index is 243. The highest BCUT2D eigenvalue weighted by Crippen LogP contribution is 2.10. The van der Waals surface area contributed by atoms with E-state index in [0.29, 0.717) is 23.9 Å². The largest absolute Gasteiger partial charge is 0.464 e. The lowest BCUT2D eigenvalue weighted by molar-refractivity contribution is -0.142. The first-order valence-electron chi connectivity index (χ1n) is 4.72. The predicted octanol–water partition coefficient (Wildman–Crippen LogP) is 2.28. The van der Waals surface area contributed by atoms with Crippen LogP contribution in [0.25, 0.3) is 0 Å². The summed E-state index contributed by atoms with van der Waals surface area (Å²) in [5.74, 6) is -0.474. The van der Waals surface area contributed by atoms with E-state index in [1.165, 1.54) is 6.08 Å². The standard InChI is InChI=1S/C10H14I2O4/c1-2-5-15-9(13)4-3-8(12)7-16-10(14)6-11/h2,8H,1,3-7H2. The topological polar surface area (TPSA) is 52.6 Å². The molecule has 0 bridgehead atoms. The summed E-state index contributed by atoms with van der Waals surface area (Å²) in [6.45, 7) is 4.04. The van der Waals surface area contributed by atoms with Gasteiger partial charge in [0.1, 0.15) is 13.2 Å². The molecule has 0 amide bonds. The molecule has 0 spiro atoms. The maximum absolute atomic E-state index is 11.1. The number of hydrogen-bond donors (Lipinski definition) is 0. The van der Waals surface area contributed by atoms with Crippen LogP contribution in [0.4, 0.5) is 0 Å². The average molecular weight is 452 g/mol. The van der Waals surface area contributed by atoms with Crippen molar-refractivity contribution in [3.05, 3.63) is 12.7 Å². The predicted molar refractivity (Wildman–Crippen MR) is 78.0 cm³/mol. The molecular weight excluding hydrogens is 438 g/mol. The van der Waals surface area contributed by atoms with Gasteiger partial charge in [0.05, 0.1) is 4.43 Å². The fraction of sp³-hybridized carbons (Fsp3) is 0.600. The molecule has 1 atom stereocenters. The molecule has 0 aromatic rings. The van der Waals surface area contributed by atoms with Gasteiger partial charge in [-0.2, -0.15) is 0 Å². The second-order valence-electron chi connectivity index (χ2n) is 2.92. The Labute approximate surface area is 122 Å². The number of rotatable bonds is 8. The van der Waals surface area contributed by atoms with Gasteiger partial charge in [-0.15, -0.1) is 0 Å². The molecule has 0 fully saturated rings. The molecule has 0 aromatic heterocycles. The summed E-state index contributed by atoms with van der Waals surface area (Å²) in [6, 6.07) is 0. The van der Waals surface area contributed by atoms with Crippen molar-refractivity contribution in [3.63, 3.8) is 0 Å². The van der Waals surface area contributed by atoms with Crippen molar-refractivity contribution in [3.8, 4) is 0 Å². The number of ether oxygens (including phenoxy) is 2. The van der Waals surface area contributed by atoms with E-state index in [2.05, 4.69) is 29.2 Å². The van der Waals surface area contributed by atoms with Crippen molar-refractivity contribution in [1.29, 1.82) is 0 Å². The second kappa shape index (κ2) is 10.3. The molecule has 0 aliphatic carbocycles. The van der Waals surface area contributed by atoms with Crippen LogP contribution < -0.4 is 0 Å². The summed E-state index contributed by atoms with van der Waals surface area (Å²) in [7, 11) is 0. The van der Waals surface area contributed by atoms with Crippen LogP contribution in [-0.2, 0) is 19.1 Å². The third-order valence-corrected chi connectivity index (χ3v) is 3.16. The van der Waals surface area contributed by atoms with Crippen LogP contribution >= 0.6 is 45.2 Å². The van der Waals surface area contributed by atoms with Crippen LogP contribution in [0.5, 0.6) is 0 Å². The number of alkyl halides is 2. The van der Waals surface area contributed by atoms with Crippen molar-refractivity contribution >= 4 is 57.1 Å². The first kappa shape index (κ1) is 16.1. The fourth-order valence-corrected chi connectivity index (χ4v) is 1.52. The van der Waals surface area contributed by atoms with E-state index in [0.717, 1.165) is 0 Å². The number of carbonyl (C=O) groups excluding carboxylic acids is 2. The van der Waals surface area contributed by atoms with Crippen molar-refractivity contribution in [2.45, 2.75) is 16.8 Å². The number of carbonyl (C=O) groups is 2. The Hall–Kier alpha value is 0.140. The third-order valence-electron chi connectivity index (χ3n) is 1.56. The monoisotopic (exact) mass is 452 g/mol. The maximum atomic E-state index is 11.1. The lowest BCUT2D eigenvalue weighted by Gasteiger charge is -2.09. The van der Waals surface area contributed by atoms with Gasteiger partial charge in [0, 0.05) is 10.3 Å². The highest BCUT2D eigenvalue weighted by molar-refractivity contribution is 14.1. The molecule has 0 radical (unpaired) electrons. The van der Waals surface area contributed by atoms with Crippen molar-refractivity contribution in [1.82, 2.24) is 0 Å². The fourth-order valence-electron chi connectivity index (χ4n) is 0.804. The number of hydrogen-bond acceptors (Lipinski definition) is 4. The number of esters is 2. The molecule has 0 heterocycles. The Kier molecular flexibility index (Phi) is 10.4. The zero-order valence-electron chi connectivity index (χ0n) is 8.79. The summed E-state index contributed by atoms with van der Waals surface area (Å²) < 4.78 is 10.3. The van der Waals surface area contributed by atoms with Gasteiger partial charge in [0.25, 0.3) is 0 Å². The summed E-state index contributed by atoms with van der Waals surface area (Å²) in [5.41, 5.74) is 0. The molecule has 0 aliphatic rings. The maximum Gasteiger partial charge on any atom is 0.315 e. The minimum Gasteiger partial charge on any atom is -0.464 e. The van der Waals surface area contributed by atoms with Gasteiger partial charge in [0.15, 0.2) is 0 Å². The van der Waals surface area contributed by atoms with Gasteiger partial charge < -0.3 is 9.47 Å². The summed E-state index contributed by atoms with van der Waals surface area (Å²) in [4.78, 5) is 22.0. The highest BCUT2D eigenvalue weighted by atomic mass is 127. The van der Waals surface area contributed by atoms with Gasteiger partial charge in [-0.3, -0.25) is 9.59 Å². The van der Waals surface area contributed by atoms with Gasteiger partial charge >= 0.3 is 11.9 Å². The van der Waals surface area contributed by atoms with E-state index in [-0.39, 0.29) is 22.5 Å². The molecule has 4 nitrogen and oxygen atoms in total. The molecule has 6 heteroatoms. The normalized spacial score (nSPS) is 11.6. The average Bonchev–Trinajstić information content (AvgIpc) is 2.30. The first-order valence-corrected chi connectivity index (χ1v) is 7.49. The molecule has 0 N–H and O–H groups in total. The quantitative estimate of drug-likeness (QED) is 0.246. The van der Waals surface area contributed by atoms with E-state index >= 15 is 0 Å². The third kappa shape index (κ3) is 9.37. The van der Waals surface area contributed by atoms with Crippen LogP contribution in [0.2, 0.25) is 0 Å². The van der Waals surface area contributed by atoms with E-state index in [4.69, 9.17) is 9.47 Å². The molecule has 0 aliphatic heterocycles. The molecule has 0 saturated heterocycles. The summed E-state index contributed by atoms with van der Waals surface area (Å²) >= 11 is 4.10. The van der Waals surface area contributed by atoms with Crippen LogP contribution in [0.3, 0.4) is 0 Å². The van der Waals surface area contributed by atoms with E-state index in [9.17, 15) is 9.59 Å². The van der Waals surface area contributed by atoms with E-state index in [1.807, 2.05) is 22.6 Å². The lowest BCUT2D eigenvalue weighted by atomic mass is 10.2. The first-order chi connectivity index (χ1) is 7.60.